The number of benzene rings is 2. The van der Waals surface area contributed by atoms with E-state index in [1.54, 1.807) is 24.3 Å². The molecule has 0 aliphatic carbocycles. The molecular formula is C20H13F2N5O3. The molecule has 4 rings (SSSR count). The Kier molecular flexibility index (Phi) is 4.59. The van der Waals surface area contributed by atoms with Gasteiger partial charge in [0.05, 0.1) is 27.7 Å². The summed E-state index contributed by atoms with van der Waals surface area (Å²) in [4.78, 5) is 43.8. The molecule has 2 aromatic carbocycles. The molecule has 8 nitrogen and oxygen atoms in total. The molecule has 0 bridgehead atoms. The Hall–Kier alpha value is -4.34. The number of carbonyl (C=O) groups is 2. The lowest BCUT2D eigenvalue weighted by Gasteiger charge is -2.10. The lowest BCUT2D eigenvalue weighted by Crippen LogP contribution is -2.43. The predicted molar refractivity (Wildman–Crippen MR) is 106 cm³/mol. The molecule has 0 aliphatic heterocycles. The SMILES string of the molecule is Nc1c(C(=O)NNC(=O)c2c[nH]c3cc(F)cc(F)c3c2=O)cnc2ccccc12. The molecule has 0 saturated carbocycles. The smallest absolute Gasteiger partial charge is 0.275 e. The van der Waals surface area contributed by atoms with Crippen LogP contribution in [-0.4, -0.2) is 21.8 Å². The van der Waals surface area contributed by atoms with Crippen molar-refractivity contribution in [2.45, 2.75) is 0 Å². The van der Waals surface area contributed by atoms with Gasteiger partial charge < -0.3 is 10.7 Å². The van der Waals surface area contributed by atoms with Gasteiger partial charge in [0.25, 0.3) is 11.8 Å². The molecule has 5 N–H and O–H groups in total. The van der Waals surface area contributed by atoms with Crippen LogP contribution in [0.3, 0.4) is 0 Å². The third kappa shape index (κ3) is 3.20. The highest BCUT2D eigenvalue weighted by Crippen LogP contribution is 2.22. The second-order valence-electron chi connectivity index (χ2n) is 6.35. The zero-order valence-corrected chi connectivity index (χ0v) is 15.1. The average Bonchev–Trinajstić information content (AvgIpc) is 2.72. The highest BCUT2D eigenvalue weighted by Gasteiger charge is 2.18. The molecule has 0 aliphatic rings. The van der Waals surface area contributed by atoms with Gasteiger partial charge in [0.15, 0.2) is 0 Å². The predicted octanol–water partition coefficient (Wildman–Crippen LogP) is 2.01. The Morgan fingerprint density at radius 2 is 1.73 bits per heavy atom. The zero-order chi connectivity index (χ0) is 21.4. The number of para-hydroxylation sites is 1. The lowest BCUT2D eigenvalue weighted by atomic mass is 10.1. The number of hydrogen-bond acceptors (Lipinski definition) is 5. The van der Waals surface area contributed by atoms with Crippen molar-refractivity contribution in [1.29, 1.82) is 0 Å². The third-order valence-corrected chi connectivity index (χ3v) is 4.49. The normalized spacial score (nSPS) is 10.9. The van der Waals surface area contributed by atoms with E-state index in [2.05, 4.69) is 20.8 Å². The van der Waals surface area contributed by atoms with Crippen LogP contribution < -0.4 is 22.0 Å². The molecule has 150 valence electrons. The minimum atomic E-state index is -1.11. The highest BCUT2D eigenvalue weighted by atomic mass is 19.1. The third-order valence-electron chi connectivity index (χ3n) is 4.49. The Labute approximate surface area is 166 Å². The minimum absolute atomic E-state index is 0.0166. The van der Waals surface area contributed by atoms with E-state index in [9.17, 15) is 23.2 Å². The number of H-pyrrole nitrogens is 1. The Bertz CT molecular complexity index is 1400. The van der Waals surface area contributed by atoms with Crippen molar-refractivity contribution in [3.8, 4) is 0 Å². The van der Waals surface area contributed by atoms with Gasteiger partial charge in [-0.2, -0.15) is 0 Å². The molecule has 0 unspecified atom stereocenters. The topological polar surface area (TPSA) is 130 Å². The molecule has 0 spiro atoms. The molecule has 0 fully saturated rings. The highest BCUT2D eigenvalue weighted by molar-refractivity contribution is 6.07. The van der Waals surface area contributed by atoms with E-state index in [0.717, 1.165) is 12.3 Å². The van der Waals surface area contributed by atoms with E-state index in [1.807, 2.05) is 0 Å². The quantitative estimate of drug-likeness (QED) is 0.376. The van der Waals surface area contributed by atoms with Crippen LogP contribution >= 0.6 is 0 Å². The fourth-order valence-corrected chi connectivity index (χ4v) is 3.03. The van der Waals surface area contributed by atoms with Gasteiger partial charge in [-0.3, -0.25) is 30.2 Å². The molecule has 2 aromatic heterocycles. The lowest BCUT2D eigenvalue weighted by molar-refractivity contribution is 0.0846. The first-order valence-corrected chi connectivity index (χ1v) is 8.61. The number of hydrogen-bond donors (Lipinski definition) is 4. The molecule has 0 saturated heterocycles. The van der Waals surface area contributed by atoms with Gasteiger partial charge in [0.1, 0.15) is 17.2 Å². The number of nitrogen functional groups attached to an aromatic ring is 1. The summed E-state index contributed by atoms with van der Waals surface area (Å²) in [5.74, 6) is -3.74. The van der Waals surface area contributed by atoms with Crippen molar-refractivity contribution in [2.75, 3.05) is 5.73 Å². The van der Waals surface area contributed by atoms with Crippen molar-refractivity contribution in [3.63, 3.8) is 0 Å². The number of nitrogens with two attached hydrogens (primary N) is 1. The number of fused-ring (bicyclic) bond motifs is 2. The molecule has 30 heavy (non-hydrogen) atoms. The Morgan fingerprint density at radius 1 is 1.03 bits per heavy atom. The number of aromatic amines is 1. The summed E-state index contributed by atoms with van der Waals surface area (Å²) in [6.07, 6.45) is 2.25. The van der Waals surface area contributed by atoms with Gasteiger partial charge in [-0.15, -0.1) is 0 Å². The van der Waals surface area contributed by atoms with Gasteiger partial charge in [-0.25, -0.2) is 8.78 Å². The summed E-state index contributed by atoms with van der Waals surface area (Å²) in [5.41, 5.74) is 9.46. The van der Waals surface area contributed by atoms with Crippen LogP contribution in [0.5, 0.6) is 0 Å². The van der Waals surface area contributed by atoms with Gasteiger partial charge in [0, 0.05) is 23.8 Å². The largest absolute Gasteiger partial charge is 0.397 e. The maximum Gasteiger partial charge on any atom is 0.275 e. The molecule has 2 amide bonds. The number of nitrogens with one attached hydrogen (secondary N) is 3. The molecular weight excluding hydrogens is 396 g/mol. The van der Waals surface area contributed by atoms with Crippen molar-refractivity contribution in [3.05, 3.63) is 81.8 Å². The van der Waals surface area contributed by atoms with E-state index >= 15 is 0 Å². The average molecular weight is 409 g/mol. The van der Waals surface area contributed by atoms with Crippen LogP contribution in [-0.2, 0) is 0 Å². The number of carbonyl (C=O) groups excluding carboxylic acids is 2. The summed E-state index contributed by atoms with van der Waals surface area (Å²) < 4.78 is 27.3. The van der Waals surface area contributed by atoms with Gasteiger partial charge in [-0.1, -0.05) is 18.2 Å². The van der Waals surface area contributed by atoms with E-state index < -0.39 is 39.8 Å². The van der Waals surface area contributed by atoms with Crippen molar-refractivity contribution in [2.24, 2.45) is 0 Å². The Morgan fingerprint density at radius 3 is 2.50 bits per heavy atom. The van der Waals surface area contributed by atoms with Crippen molar-refractivity contribution < 1.29 is 18.4 Å². The molecule has 0 radical (unpaired) electrons. The van der Waals surface area contributed by atoms with Gasteiger partial charge in [-0.05, 0) is 12.1 Å². The molecule has 10 heteroatoms. The summed E-state index contributed by atoms with van der Waals surface area (Å²) in [6.45, 7) is 0. The number of aromatic nitrogens is 2. The van der Waals surface area contributed by atoms with E-state index in [-0.39, 0.29) is 16.8 Å². The van der Waals surface area contributed by atoms with Gasteiger partial charge >= 0.3 is 0 Å². The second kappa shape index (κ2) is 7.24. The second-order valence-corrected chi connectivity index (χ2v) is 6.35. The number of anilines is 1. The monoisotopic (exact) mass is 409 g/mol. The Balaban J connectivity index is 1.58. The number of nitrogens with zero attached hydrogens (tertiary/aromatic N) is 1. The van der Waals surface area contributed by atoms with Crippen LogP contribution in [0.4, 0.5) is 14.5 Å². The first-order valence-electron chi connectivity index (χ1n) is 8.61. The molecule has 2 heterocycles. The zero-order valence-electron chi connectivity index (χ0n) is 15.1. The summed E-state index contributed by atoms with van der Waals surface area (Å²) in [6, 6.07) is 8.40. The fourth-order valence-electron chi connectivity index (χ4n) is 3.03. The van der Waals surface area contributed by atoms with Crippen LogP contribution in [0.15, 0.2) is 53.6 Å². The number of pyridine rings is 2. The van der Waals surface area contributed by atoms with Crippen LogP contribution in [0.25, 0.3) is 21.8 Å². The number of rotatable bonds is 2. The van der Waals surface area contributed by atoms with Crippen molar-refractivity contribution in [1.82, 2.24) is 20.8 Å². The summed E-state index contributed by atoms with van der Waals surface area (Å²) in [7, 11) is 0. The van der Waals surface area contributed by atoms with E-state index in [4.69, 9.17) is 5.73 Å². The minimum Gasteiger partial charge on any atom is -0.397 e. The fraction of sp³-hybridized carbons (Fsp3) is 0. The van der Waals surface area contributed by atoms with E-state index in [0.29, 0.717) is 17.0 Å². The maximum absolute atomic E-state index is 14.0. The van der Waals surface area contributed by atoms with Crippen LogP contribution in [0, 0.1) is 11.6 Å². The summed E-state index contributed by atoms with van der Waals surface area (Å²) >= 11 is 0. The summed E-state index contributed by atoms with van der Waals surface area (Å²) in [5, 5.41) is 0.0866. The first kappa shape index (κ1) is 19.0. The van der Waals surface area contributed by atoms with Crippen molar-refractivity contribution >= 4 is 39.3 Å². The number of halogens is 2. The first-order chi connectivity index (χ1) is 14.4. The standard InChI is InChI=1S/C20H13F2N5O3/c21-9-5-13(22)16-15(6-9)25-8-12(18(16)28)20(30)27-26-19(29)11-7-24-14-4-2-1-3-10(14)17(11)23/h1-8H,(H2,23,24)(H,25,28)(H,26,29)(H,27,30). The van der Waals surface area contributed by atoms with Crippen LogP contribution in [0.1, 0.15) is 20.7 Å². The number of hydrazine groups is 1. The van der Waals surface area contributed by atoms with E-state index in [1.165, 1.54) is 6.20 Å². The van der Waals surface area contributed by atoms with Gasteiger partial charge in [0.2, 0.25) is 5.43 Å². The maximum atomic E-state index is 14.0. The number of amides is 2. The van der Waals surface area contributed by atoms with Crippen LogP contribution in [0.2, 0.25) is 0 Å². The molecule has 0 atom stereocenters. The molecule has 4 aromatic rings.